The van der Waals surface area contributed by atoms with E-state index in [1.54, 1.807) is 0 Å². The van der Waals surface area contributed by atoms with Crippen LogP contribution in [0.2, 0.25) is 5.02 Å². The highest BCUT2D eigenvalue weighted by Crippen LogP contribution is 2.22. The number of nitrogens with one attached hydrogen (secondary N) is 1. The molecule has 102 valence electrons. The fraction of sp³-hybridized carbons (Fsp3) is 0.400. The molecular weight excluding hydrogens is 258 g/mol. The van der Waals surface area contributed by atoms with Gasteiger partial charge in [-0.3, -0.25) is 4.68 Å². The molecule has 0 aliphatic heterocycles. The number of aryl methyl sites for hydroxylation is 1. The van der Waals surface area contributed by atoms with Crippen molar-refractivity contribution in [2.24, 2.45) is 0 Å². The molecule has 2 aromatic rings. The van der Waals surface area contributed by atoms with E-state index in [0.29, 0.717) is 0 Å². The zero-order chi connectivity index (χ0) is 13.7. The van der Waals surface area contributed by atoms with Crippen LogP contribution in [0.1, 0.15) is 37.6 Å². The van der Waals surface area contributed by atoms with Gasteiger partial charge in [-0.25, -0.2) is 0 Å². The minimum atomic E-state index is 0.221. The summed E-state index contributed by atoms with van der Waals surface area (Å²) in [5, 5.41) is 8.63. The first-order valence-electron chi connectivity index (χ1n) is 6.71. The van der Waals surface area contributed by atoms with Crippen molar-refractivity contribution in [1.29, 1.82) is 0 Å². The molecule has 19 heavy (non-hydrogen) atoms. The number of hydrogen-bond donors (Lipinski definition) is 1. The normalized spacial score (nSPS) is 12.6. The highest BCUT2D eigenvalue weighted by atomic mass is 35.5. The Hall–Kier alpha value is -1.32. The Balaban J connectivity index is 1.98. The molecule has 3 nitrogen and oxygen atoms in total. The molecule has 1 aromatic heterocycles. The fourth-order valence-electron chi connectivity index (χ4n) is 2.12. The third-order valence-corrected chi connectivity index (χ3v) is 3.55. The maximum absolute atomic E-state index is 6.20. The second-order valence-corrected chi connectivity index (χ2v) is 5.08. The lowest BCUT2D eigenvalue weighted by Crippen LogP contribution is -2.20. The second kappa shape index (κ2) is 6.73. The van der Waals surface area contributed by atoms with Crippen LogP contribution < -0.4 is 5.32 Å². The first kappa shape index (κ1) is 14.1. The Morgan fingerprint density at radius 2 is 2.11 bits per heavy atom. The summed E-state index contributed by atoms with van der Waals surface area (Å²) in [4.78, 5) is 0. The molecule has 0 bridgehead atoms. The van der Waals surface area contributed by atoms with Crippen molar-refractivity contribution in [3.63, 3.8) is 0 Å². The van der Waals surface area contributed by atoms with E-state index in [9.17, 15) is 0 Å². The second-order valence-electron chi connectivity index (χ2n) is 4.67. The molecule has 4 heteroatoms. The minimum Gasteiger partial charge on any atom is -0.305 e. The molecule has 0 aliphatic rings. The molecule has 0 unspecified atom stereocenters. The molecule has 1 heterocycles. The number of halogens is 1. The summed E-state index contributed by atoms with van der Waals surface area (Å²) in [7, 11) is 0. The molecule has 1 aromatic carbocycles. The molecule has 0 radical (unpaired) electrons. The highest BCUT2D eigenvalue weighted by Gasteiger charge is 2.09. The monoisotopic (exact) mass is 277 g/mol. The maximum Gasteiger partial charge on any atom is 0.0522 e. The van der Waals surface area contributed by atoms with E-state index in [-0.39, 0.29) is 6.04 Å². The van der Waals surface area contributed by atoms with E-state index in [1.807, 2.05) is 29.1 Å². The van der Waals surface area contributed by atoms with Crippen molar-refractivity contribution in [3.05, 3.63) is 52.8 Å². The molecule has 0 spiro atoms. The number of benzene rings is 1. The van der Waals surface area contributed by atoms with Crippen LogP contribution in [-0.4, -0.2) is 9.78 Å². The quantitative estimate of drug-likeness (QED) is 0.870. The highest BCUT2D eigenvalue weighted by molar-refractivity contribution is 6.31. The predicted octanol–water partition coefficient (Wildman–Crippen LogP) is 3.80. The Bertz CT molecular complexity index is 522. The zero-order valence-corrected chi connectivity index (χ0v) is 12.2. The van der Waals surface area contributed by atoms with E-state index < -0.39 is 0 Å². The molecule has 0 saturated heterocycles. The predicted molar refractivity (Wildman–Crippen MR) is 79.2 cm³/mol. The standard InChI is InChI=1S/C15H20ClN3/c1-3-10-19-13(8-9-18-19)11-17-12(2)14-6-4-5-7-15(14)16/h4-9,12,17H,3,10-11H2,1-2H3/t12-/m1/s1. The first-order valence-corrected chi connectivity index (χ1v) is 7.08. The average Bonchev–Trinajstić information content (AvgIpc) is 2.84. The lowest BCUT2D eigenvalue weighted by molar-refractivity contribution is 0.517. The molecule has 0 fully saturated rings. The maximum atomic E-state index is 6.20. The van der Waals surface area contributed by atoms with Gasteiger partial charge in [0.25, 0.3) is 0 Å². The minimum absolute atomic E-state index is 0.221. The third-order valence-electron chi connectivity index (χ3n) is 3.20. The van der Waals surface area contributed by atoms with Crippen LogP contribution in [0.3, 0.4) is 0 Å². The molecule has 1 atom stereocenters. The van der Waals surface area contributed by atoms with Crippen LogP contribution >= 0.6 is 11.6 Å². The van der Waals surface area contributed by atoms with Gasteiger partial charge in [0.2, 0.25) is 0 Å². The van der Waals surface area contributed by atoms with E-state index in [1.165, 1.54) is 5.69 Å². The van der Waals surface area contributed by atoms with E-state index in [2.05, 4.69) is 36.4 Å². The van der Waals surface area contributed by atoms with Gasteiger partial charge in [0.15, 0.2) is 0 Å². The summed E-state index contributed by atoms with van der Waals surface area (Å²) in [6.45, 7) is 6.05. The van der Waals surface area contributed by atoms with Gasteiger partial charge in [-0.05, 0) is 31.0 Å². The van der Waals surface area contributed by atoms with Crippen molar-refractivity contribution in [2.75, 3.05) is 0 Å². The zero-order valence-electron chi connectivity index (χ0n) is 11.4. The molecule has 2 rings (SSSR count). The third kappa shape index (κ3) is 3.58. The van der Waals surface area contributed by atoms with Crippen molar-refractivity contribution < 1.29 is 0 Å². The van der Waals surface area contributed by atoms with Gasteiger partial charge in [-0.2, -0.15) is 5.10 Å². The summed E-state index contributed by atoms with van der Waals surface area (Å²) in [6, 6.07) is 10.2. The Labute approximate surface area is 119 Å². The van der Waals surface area contributed by atoms with Crippen LogP contribution in [0, 0.1) is 0 Å². The average molecular weight is 278 g/mol. The van der Waals surface area contributed by atoms with Crippen molar-refractivity contribution >= 4 is 11.6 Å². The van der Waals surface area contributed by atoms with Gasteiger partial charge in [-0.15, -0.1) is 0 Å². The van der Waals surface area contributed by atoms with Crippen LogP contribution in [0.25, 0.3) is 0 Å². The topological polar surface area (TPSA) is 29.9 Å². The Morgan fingerprint density at radius 1 is 1.32 bits per heavy atom. The largest absolute Gasteiger partial charge is 0.305 e. The summed E-state index contributed by atoms with van der Waals surface area (Å²) in [6.07, 6.45) is 2.95. The van der Waals surface area contributed by atoms with E-state index in [0.717, 1.165) is 30.1 Å². The van der Waals surface area contributed by atoms with E-state index >= 15 is 0 Å². The molecule has 0 aliphatic carbocycles. The lowest BCUT2D eigenvalue weighted by Gasteiger charge is -2.16. The number of nitrogens with zero attached hydrogens (tertiary/aromatic N) is 2. The molecular formula is C15H20ClN3. The van der Waals surface area contributed by atoms with Crippen molar-refractivity contribution in [3.8, 4) is 0 Å². The van der Waals surface area contributed by atoms with Crippen molar-refractivity contribution in [2.45, 2.75) is 39.4 Å². The van der Waals surface area contributed by atoms with Gasteiger partial charge in [-0.1, -0.05) is 36.7 Å². The van der Waals surface area contributed by atoms with Gasteiger partial charge in [0, 0.05) is 30.4 Å². The number of aromatic nitrogens is 2. The fourth-order valence-corrected chi connectivity index (χ4v) is 2.42. The lowest BCUT2D eigenvalue weighted by atomic mass is 10.1. The van der Waals surface area contributed by atoms with E-state index in [4.69, 9.17) is 11.6 Å². The summed E-state index contributed by atoms with van der Waals surface area (Å²) in [5.41, 5.74) is 2.34. The SMILES string of the molecule is CCCn1nccc1CN[C@H](C)c1ccccc1Cl. The molecule has 1 N–H and O–H groups in total. The first-order chi connectivity index (χ1) is 9.22. The van der Waals surface area contributed by atoms with Gasteiger partial charge in [0.1, 0.15) is 0 Å². The number of hydrogen-bond acceptors (Lipinski definition) is 2. The van der Waals surface area contributed by atoms with Crippen LogP contribution in [0.15, 0.2) is 36.5 Å². The van der Waals surface area contributed by atoms with Gasteiger partial charge in [0.05, 0.1) is 5.69 Å². The van der Waals surface area contributed by atoms with Crippen molar-refractivity contribution in [1.82, 2.24) is 15.1 Å². The number of rotatable bonds is 6. The Kier molecular flexibility index (Phi) is 5.00. The summed E-state index contributed by atoms with van der Waals surface area (Å²) in [5.74, 6) is 0. The summed E-state index contributed by atoms with van der Waals surface area (Å²) >= 11 is 6.20. The van der Waals surface area contributed by atoms with Crippen LogP contribution in [0.5, 0.6) is 0 Å². The van der Waals surface area contributed by atoms with Gasteiger partial charge < -0.3 is 5.32 Å². The molecule has 0 saturated carbocycles. The van der Waals surface area contributed by atoms with Crippen LogP contribution in [0.4, 0.5) is 0 Å². The van der Waals surface area contributed by atoms with Gasteiger partial charge >= 0.3 is 0 Å². The molecule has 0 amide bonds. The van der Waals surface area contributed by atoms with Crippen LogP contribution in [-0.2, 0) is 13.1 Å². The summed E-state index contributed by atoms with van der Waals surface area (Å²) < 4.78 is 2.05. The Morgan fingerprint density at radius 3 is 2.84 bits per heavy atom. The smallest absolute Gasteiger partial charge is 0.0522 e.